The van der Waals surface area contributed by atoms with Crippen molar-refractivity contribution >= 4 is 5.97 Å². The number of hydrogen-bond donors (Lipinski definition) is 1. The molecule has 1 N–H and O–H groups in total. The van der Waals surface area contributed by atoms with E-state index in [1.807, 2.05) is 6.07 Å². The summed E-state index contributed by atoms with van der Waals surface area (Å²) >= 11 is 0. The van der Waals surface area contributed by atoms with Crippen LogP contribution in [0.25, 0.3) is 11.5 Å². The van der Waals surface area contributed by atoms with Crippen LogP contribution in [0.5, 0.6) is 5.88 Å². The minimum atomic E-state index is -0.757. The van der Waals surface area contributed by atoms with Gasteiger partial charge in [-0.25, -0.2) is 4.79 Å². The van der Waals surface area contributed by atoms with Crippen molar-refractivity contribution in [2.24, 2.45) is 0 Å². The third kappa shape index (κ3) is 1.75. The fourth-order valence-electron chi connectivity index (χ4n) is 1.24. The molecule has 5 nitrogen and oxygen atoms in total. The van der Waals surface area contributed by atoms with Gasteiger partial charge in [0.15, 0.2) is 0 Å². The second-order valence-corrected chi connectivity index (χ2v) is 3.03. The lowest BCUT2D eigenvalue weighted by Crippen LogP contribution is -1.99. The Morgan fingerprint density at radius 3 is 2.69 bits per heavy atom. The highest BCUT2D eigenvalue weighted by Gasteiger charge is 2.20. The molecule has 0 saturated carbocycles. The van der Waals surface area contributed by atoms with Gasteiger partial charge in [-0.1, -0.05) is 18.2 Å². The first-order chi connectivity index (χ1) is 7.72. The molecule has 1 aromatic carbocycles. The molecule has 0 saturated heterocycles. The number of carbonyl (C=O) groups excluding carboxylic acids is 1. The van der Waals surface area contributed by atoms with Gasteiger partial charge in [-0.2, -0.15) is 4.98 Å². The Labute approximate surface area is 91.3 Å². The van der Waals surface area contributed by atoms with Crippen LogP contribution < -0.4 is 0 Å². The van der Waals surface area contributed by atoms with Gasteiger partial charge in [-0.3, -0.25) is 0 Å². The number of methoxy groups -OCH3 is 1. The van der Waals surface area contributed by atoms with E-state index >= 15 is 0 Å². The number of hydrogen-bond acceptors (Lipinski definition) is 5. The molecule has 0 unspecified atom stereocenters. The molecule has 0 aliphatic heterocycles. The van der Waals surface area contributed by atoms with Crippen molar-refractivity contribution in [1.29, 1.82) is 0 Å². The van der Waals surface area contributed by atoms with Gasteiger partial charge in [0.1, 0.15) is 0 Å². The molecule has 16 heavy (non-hydrogen) atoms. The van der Waals surface area contributed by atoms with Crippen molar-refractivity contribution in [3.63, 3.8) is 0 Å². The Morgan fingerprint density at radius 2 is 2.06 bits per heavy atom. The number of oxazole rings is 1. The summed E-state index contributed by atoms with van der Waals surface area (Å²) in [7, 11) is 1.20. The molecular formula is C11H9NO4. The van der Waals surface area contributed by atoms with Crippen LogP contribution in [0.4, 0.5) is 0 Å². The molecule has 1 aromatic heterocycles. The minimum absolute atomic E-state index is 0.179. The number of carbonyl (C=O) groups is 1. The van der Waals surface area contributed by atoms with Crippen LogP contribution in [-0.4, -0.2) is 23.2 Å². The molecule has 82 valence electrons. The van der Waals surface area contributed by atoms with Gasteiger partial charge in [0.2, 0.25) is 5.89 Å². The highest BCUT2D eigenvalue weighted by molar-refractivity contribution is 5.89. The topological polar surface area (TPSA) is 72.6 Å². The number of rotatable bonds is 2. The standard InChI is InChI=1S/C11H9NO4/c1-15-11(14)8-9(13)12-10(16-8)7-5-3-2-4-6-7/h2-6,13H,1H3. The zero-order valence-corrected chi connectivity index (χ0v) is 8.51. The first-order valence-electron chi connectivity index (χ1n) is 4.56. The Kier molecular flexibility index (Phi) is 2.59. The Bertz CT molecular complexity index is 504. The number of aromatic hydroxyl groups is 1. The monoisotopic (exact) mass is 219 g/mol. The molecule has 0 bridgehead atoms. The lowest BCUT2D eigenvalue weighted by molar-refractivity contribution is 0.0561. The number of esters is 1. The summed E-state index contributed by atoms with van der Waals surface area (Å²) in [4.78, 5) is 14.9. The fourth-order valence-corrected chi connectivity index (χ4v) is 1.24. The van der Waals surface area contributed by atoms with Crippen LogP contribution in [0.15, 0.2) is 34.7 Å². The Morgan fingerprint density at radius 1 is 1.38 bits per heavy atom. The summed E-state index contributed by atoms with van der Waals surface area (Å²) in [6.07, 6.45) is 0. The fraction of sp³-hybridized carbons (Fsp3) is 0.0909. The average molecular weight is 219 g/mol. The number of aromatic nitrogens is 1. The smallest absolute Gasteiger partial charge is 0.379 e. The highest BCUT2D eigenvalue weighted by atomic mass is 16.5. The second-order valence-electron chi connectivity index (χ2n) is 3.03. The largest absolute Gasteiger partial charge is 0.490 e. The SMILES string of the molecule is COC(=O)c1oc(-c2ccccc2)nc1O. The van der Waals surface area contributed by atoms with Crippen LogP contribution in [0, 0.1) is 0 Å². The molecule has 0 aliphatic rings. The van der Waals surface area contributed by atoms with Gasteiger partial charge in [0.05, 0.1) is 7.11 Å². The van der Waals surface area contributed by atoms with Crippen molar-refractivity contribution < 1.29 is 19.1 Å². The van der Waals surface area contributed by atoms with Crippen LogP contribution in [0.2, 0.25) is 0 Å². The molecule has 0 spiro atoms. The van der Waals surface area contributed by atoms with Gasteiger partial charge < -0.3 is 14.3 Å². The quantitative estimate of drug-likeness (QED) is 0.780. The van der Waals surface area contributed by atoms with Gasteiger partial charge in [-0.05, 0) is 12.1 Å². The molecule has 2 rings (SSSR count). The van der Waals surface area contributed by atoms with Crippen LogP contribution in [0.1, 0.15) is 10.6 Å². The van der Waals surface area contributed by atoms with Crippen molar-refractivity contribution in [3.8, 4) is 17.3 Å². The molecule has 0 amide bonds. The van der Waals surface area contributed by atoms with E-state index in [4.69, 9.17) is 4.42 Å². The lowest BCUT2D eigenvalue weighted by Gasteiger charge is -1.93. The van der Waals surface area contributed by atoms with E-state index in [0.717, 1.165) is 0 Å². The second kappa shape index (κ2) is 4.06. The van der Waals surface area contributed by atoms with Gasteiger partial charge in [0, 0.05) is 5.56 Å². The predicted molar refractivity (Wildman–Crippen MR) is 54.9 cm³/mol. The summed E-state index contributed by atoms with van der Waals surface area (Å²) in [6.45, 7) is 0. The van der Waals surface area contributed by atoms with Crippen molar-refractivity contribution in [2.45, 2.75) is 0 Å². The number of ether oxygens (including phenoxy) is 1. The highest BCUT2D eigenvalue weighted by Crippen LogP contribution is 2.25. The first kappa shape index (κ1) is 10.2. The maximum Gasteiger partial charge on any atom is 0.379 e. The minimum Gasteiger partial charge on any atom is -0.490 e. The molecule has 0 atom stereocenters. The van der Waals surface area contributed by atoms with E-state index in [9.17, 15) is 9.90 Å². The third-order valence-corrected chi connectivity index (χ3v) is 2.00. The molecule has 1 heterocycles. The lowest BCUT2D eigenvalue weighted by atomic mass is 10.2. The summed E-state index contributed by atoms with van der Waals surface area (Å²) in [5, 5.41) is 9.39. The molecule has 0 fully saturated rings. The predicted octanol–water partition coefficient (Wildman–Crippen LogP) is 1.83. The van der Waals surface area contributed by atoms with E-state index in [1.165, 1.54) is 7.11 Å². The van der Waals surface area contributed by atoms with Crippen LogP contribution in [0.3, 0.4) is 0 Å². The van der Waals surface area contributed by atoms with E-state index in [2.05, 4.69) is 9.72 Å². The summed E-state index contributed by atoms with van der Waals surface area (Å²) in [6, 6.07) is 8.95. The molecule has 0 aliphatic carbocycles. The Hall–Kier alpha value is -2.30. The number of benzene rings is 1. The third-order valence-electron chi connectivity index (χ3n) is 2.00. The van der Waals surface area contributed by atoms with Crippen LogP contribution >= 0.6 is 0 Å². The normalized spacial score (nSPS) is 10.1. The van der Waals surface area contributed by atoms with Crippen molar-refractivity contribution in [2.75, 3.05) is 7.11 Å². The summed E-state index contributed by atoms with van der Waals surface area (Å²) in [5.41, 5.74) is 0.674. The van der Waals surface area contributed by atoms with Crippen molar-refractivity contribution in [3.05, 3.63) is 36.1 Å². The van der Waals surface area contributed by atoms with Gasteiger partial charge in [-0.15, -0.1) is 0 Å². The van der Waals surface area contributed by atoms with Crippen LogP contribution in [-0.2, 0) is 4.74 Å². The van der Waals surface area contributed by atoms with E-state index in [1.54, 1.807) is 24.3 Å². The Balaban J connectivity index is 2.42. The van der Waals surface area contributed by atoms with Crippen molar-refractivity contribution in [1.82, 2.24) is 4.98 Å². The molecule has 5 heteroatoms. The zero-order valence-electron chi connectivity index (χ0n) is 8.51. The first-order valence-corrected chi connectivity index (χ1v) is 4.56. The average Bonchev–Trinajstić information content (AvgIpc) is 2.71. The van der Waals surface area contributed by atoms with E-state index in [-0.39, 0.29) is 11.7 Å². The molecular weight excluding hydrogens is 210 g/mol. The van der Waals surface area contributed by atoms with Gasteiger partial charge in [0.25, 0.3) is 11.6 Å². The maximum absolute atomic E-state index is 11.2. The van der Waals surface area contributed by atoms with E-state index < -0.39 is 11.8 Å². The summed E-state index contributed by atoms with van der Waals surface area (Å²) < 4.78 is 9.55. The van der Waals surface area contributed by atoms with E-state index in [0.29, 0.717) is 5.56 Å². The number of nitrogens with zero attached hydrogens (tertiary/aromatic N) is 1. The summed E-state index contributed by atoms with van der Waals surface area (Å²) in [5.74, 6) is -1.34. The molecule has 2 aromatic rings. The van der Waals surface area contributed by atoms with Gasteiger partial charge >= 0.3 is 5.97 Å². The zero-order chi connectivity index (χ0) is 11.5. The molecule has 0 radical (unpaired) electrons. The maximum atomic E-state index is 11.2.